The van der Waals surface area contributed by atoms with Crippen LogP contribution in [0.2, 0.25) is 0 Å². The van der Waals surface area contributed by atoms with E-state index in [1.165, 1.54) is 6.07 Å². The lowest BCUT2D eigenvalue weighted by molar-refractivity contribution is 0.293. The molecule has 0 aliphatic rings. The molecular weight excluding hydrogens is 306 g/mol. The molecule has 0 spiro atoms. The van der Waals surface area contributed by atoms with Gasteiger partial charge in [0.2, 0.25) is 0 Å². The van der Waals surface area contributed by atoms with Crippen LogP contribution in [0.25, 0.3) is 11.0 Å². The van der Waals surface area contributed by atoms with Gasteiger partial charge in [0, 0.05) is 18.2 Å². The van der Waals surface area contributed by atoms with Crippen molar-refractivity contribution < 1.29 is 13.9 Å². The van der Waals surface area contributed by atoms with Gasteiger partial charge in [-0.05, 0) is 12.8 Å². The third-order valence-electron chi connectivity index (χ3n) is 3.83. The number of unbranched alkanes of at least 4 members (excludes halogenated alkanes) is 4. The van der Waals surface area contributed by atoms with E-state index in [9.17, 15) is 4.79 Å². The van der Waals surface area contributed by atoms with Crippen molar-refractivity contribution in [3.05, 3.63) is 28.6 Å². The molecule has 0 bridgehead atoms. The average Bonchev–Trinajstić information content (AvgIpc) is 2.54. The highest BCUT2D eigenvalue weighted by Gasteiger charge is 2.13. The molecule has 1 aromatic carbocycles. The summed E-state index contributed by atoms with van der Waals surface area (Å²) in [4.78, 5) is 11.6. The fraction of sp³-hybridized carbons (Fsp3) is 0.526. The Kier molecular flexibility index (Phi) is 6.97. The van der Waals surface area contributed by atoms with E-state index in [-0.39, 0.29) is 0 Å². The second-order valence-corrected chi connectivity index (χ2v) is 5.93. The predicted molar refractivity (Wildman–Crippen MR) is 96.9 cm³/mol. The largest absolute Gasteiger partial charge is 0.493 e. The maximum absolute atomic E-state index is 11.6. The van der Waals surface area contributed by atoms with Gasteiger partial charge in [0.25, 0.3) is 0 Å². The molecule has 1 heterocycles. The van der Waals surface area contributed by atoms with Crippen molar-refractivity contribution in [2.24, 2.45) is 0 Å². The first-order valence-electron chi connectivity index (χ1n) is 8.78. The summed E-state index contributed by atoms with van der Waals surface area (Å²) in [7, 11) is 0. The summed E-state index contributed by atoms with van der Waals surface area (Å²) in [5.74, 6) is 1.24. The van der Waals surface area contributed by atoms with Crippen LogP contribution in [-0.2, 0) is 0 Å². The summed E-state index contributed by atoms with van der Waals surface area (Å²) in [5.41, 5.74) is 6.29. The van der Waals surface area contributed by atoms with Crippen molar-refractivity contribution in [3.63, 3.8) is 0 Å². The molecule has 0 radical (unpaired) electrons. The molecule has 2 N–H and O–H groups in total. The van der Waals surface area contributed by atoms with Crippen molar-refractivity contribution in [2.45, 2.75) is 52.4 Å². The highest BCUT2D eigenvalue weighted by Crippen LogP contribution is 2.34. The van der Waals surface area contributed by atoms with Gasteiger partial charge < -0.3 is 19.6 Å². The fourth-order valence-corrected chi connectivity index (χ4v) is 2.54. The number of nitrogens with two attached hydrogens (primary N) is 1. The van der Waals surface area contributed by atoms with Gasteiger partial charge in [0.1, 0.15) is 17.1 Å². The molecule has 0 aliphatic carbocycles. The number of nitrogen functional groups attached to an aromatic ring is 1. The Morgan fingerprint density at radius 2 is 1.62 bits per heavy atom. The SMILES string of the molecule is CCCCCOc1cc(OCCCCC)c2c(N)cc(=O)oc2c1. The zero-order valence-corrected chi connectivity index (χ0v) is 14.6. The Hall–Kier alpha value is -2.17. The summed E-state index contributed by atoms with van der Waals surface area (Å²) in [6.07, 6.45) is 6.45. The lowest BCUT2D eigenvalue weighted by Gasteiger charge is -2.13. The van der Waals surface area contributed by atoms with Crippen LogP contribution < -0.4 is 20.8 Å². The summed E-state index contributed by atoms with van der Waals surface area (Å²) in [5, 5.41) is 0.631. The van der Waals surface area contributed by atoms with Crippen molar-refractivity contribution in [2.75, 3.05) is 18.9 Å². The Labute approximate surface area is 142 Å². The summed E-state index contributed by atoms with van der Waals surface area (Å²) in [6.45, 7) is 5.52. The van der Waals surface area contributed by atoms with E-state index < -0.39 is 5.63 Å². The summed E-state index contributed by atoms with van der Waals surface area (Å²) >= 11 is 0. The highest BCUT2D eigenvalue weighted by molar-refractivity contribution is 5.95. The van der Waals surface area contributed by atoms with E-state index in [0.29, 0.717) is 41.4 Å². The molecule has 0 unspecified atom stereocenters. The molecule has 0 fully saturated rings. The minimum Gasteiger partial charge on any atom is -0.493 e. The first-order chi connectivity index (χ1) is 11.7. The zero-order valence-electron chi connectivity index (χ0n) is 14.6. The molecule has 0 atom stereocenters. The van der Waals surface area contributed by atoms with Crippen LogP contribution in [0.5, 0.6) is 11.5 Å². The predicted octanol–water partition coefficient (Wildman–Crippen LogP) is 4.51. The maximum Gasteiger partial charge on any atom is 0.338 e. The number of benzene rings is 1. The topological polar surface area (TPSA) is 74.7 Å². The van der Waals surface area contributed by atoms with Crippen LogP contribution in [0.15, 0.2) is 27.4 Å². The van der Waals surface area contributed by atoms with E-state index in [1.807, 2.05) is 6.07 Å². The Balaban J connectivity index is 2.26. The number of fused-ring (bicyclic) bond motifs is 1. The van der Waals surface area contributed by atoms with E-state index in [4.69, 9.17) is 19.6 Å². The van der Waals surface area contributed by atoms with Crippen LogP contribution in [0, 0.1) is 0 Å². The number of rotatable bonds is 10. The molecule has 2 aromatic rings. The Morgan fingerprint density at radius 1 is 0.958 bits per heavy atom. The molecule has 2 rings (SSSR count). The third kappa shape index (κ3) is 4.91. The second-order valence-electron chi connectivity index (χ2n) is 5.93. The first-order valence-corrected chi connectivity index (χ1v) is 8.78. The lowest BCUT2D eigenvalue weighted by Crippen LogP contribution is -2.05. The van der Waals surface area contributed by atoms with Gasteiger partial charge in [-0.2, -0.15) is 0 Å². The number of anilines is 1. The Morgan fingerprint density at radius 3 is 2.29 bits per heavy atom. The minimum absolute atomic E-state index is 0.365. The van der Waals surface area contributed by atoms with Gasteiger partial charge in [-0.1, -0.05) is 39.5 Å². The van der Waals surface area contributed by atoms with Gasteiger partial charge in [0.15, 0.2) is 0 Å². The molecule has 1 aromatic heterocycles. The van der Waals surface area contributed by atoms with Gasteiger partial charge in [-0.25, -0.2) is 4.79 Å². The normalized spacial score (nSPS) is 10.9. The molecule has 5 nitrogen and oxygen atoms in total. The lowest BCUT2D eigenvalue weighted by atomic mass is 10.1. The van der Waals surface area contributed by atoms with Crippen LogP contribution in [-0.4, -0.2) is 13.2 Å². The monoisotopic (exact) mass is 333 g/mol. The van der Waals surface area contributed by atoms with Crippen LogP contribution in [0.1, 0.15) is 52.4 Å². The molecule has 24 heavy (non-hydrogen) atoms. The maximum atomic E-state index is 11.6. The van der Waals surface area contributed by atoms with Crippen LogP contribution in [0.3, 0.4) is 0 Å². The molecular formula is C19H27NO4. The van der Waals surface area contributed by atoms with E-state index >= 15 is 0 Å². The number of ether oxygens (including phenoxy) is 2. The average molecular weight is 333 g/mol. The number of hydrogen-bond acceptors (Lipinski definition) is 5. The van der Waals surface area contributed by atoms with Gasteiger partial charge in [-0.15, -0.1) is 0 Å². The third-order valence-corrected chi connectivity index (χ3v) is 3.83. The molecule has 0 saturated carbocycles. The Bertz CT molecular complexity index is 708. The summed E-state index contributed by atoms with van der Waals surface area (Å²) < 4.78 is 17.0. The summed E-state index contributed by atoms with van der Waals surface area (Å²) in [6, 6.07) is 4.82. The molecule has 0 saturated heterocycles. The van der Waals surface area contributed by atoms with Crippen molar-refractivity contribution in [1.82, 2.24) is 0 Å². The first kappa shape index (κ1) is 18.2. The van der Waals surface area contributed by atoms with Crippen LogP contribution in [0.4, 0.5) is 5.69 Å². The number of hydrogen-bond donors (Lipinski definition) is 1. The van der Waals surface area contributed by atoms with Crippen molar-refractivity contribution in [3.8, 4) is 11.5 Å². The van der Waals surface area contributed by atoms with Crippen molar-refractivity contribution in [1.29, 1.82) is 0 Å². The second kappa shape index (κ2) is 9.21. The molecule has 0 amide bonds. The van der Waals surface area contributed by atoms with Gasteiger partial charge in [-0.3, -0.25) is 0 Å². The van der Waals surface area contributed by atoms with Crippen molar-refractivity contribution >= 4 is 16.7 Å². The quantitative estimate of drug-likeness (QED) is 0.511. The smallest absolute Gasteiger partial charge is 0.338 e. The standard InChI is InChI=1S/C19H27NO4/c1-3-5-7-9-22-14-11-16(23-10-8-6-4-2)19-15(20)13-18(21)24-17(19)12-14/h11-13H,3-10,20H2,1-2H3. The molecule has 5 heteroatoms. The van der Waals surface area contributed by atoms with Gasteiger partial charge >= 0.3 is 5.63 Å². The molecule has 132 valence electrons. The van der Waals surface area contributed by atoms with E-state index in [2.05, 4.69) is 13.8 Å². The molecule has 0 aliphatic heterocycles. The fourth-order valence-electron chi connectivity index (χ4n) is 2.54. The minimum atomic E-state index is -0.472. The zero-order chi connectivity index (χ0) is 17.4. The highest BCUT2D eigenvalue weighted by atomic mass is 16.5. The van der Waals surface area contributed by atoms with E-state index in [0.717, 1.165) is 38.5 Å². The van der Waals surface area contributed by atoms with Gasteiger partial charge in [0.05, 0.1) is 24.3 Å². The van der Waals surface area contributed by atoms with E-state index in [1.54, 1.807) is 6.07 Å². The van der Waals surface area contributed by atoms with Crippen LogP contribution >= 0.6 is 0 Å².